The van der Waals surface area contributed by atoms with Crippen molar-refractivity contribution in [1.82, 2.24) is 19.9 Å². The van der Waals surface area contributed by atoms with Gasteiger partial charge in [0.05, 0.1) is 0 Å². The molecule has 4 rings (SSSR count). The maximum atomic E-state index is 15.0. The van der Waals surface area contributed by atoms with E-state index >= 15 is 0 Å². The van der Waals surface area contributed by atoms with E-state index < -0.39 is 45.5 Å². The van der Waals surface area contributed by atoms with Gasteiger partial charge in [0.2, 0.25) is 5.88 Å². The van der Waals surface area contributed by atoms with Gasteiger partial charge in [0.25, 0.3) is 10.0 Å². The van der Waals surface area contributed by atoms with Crippen LogP contribution in [0.3, 0.4) is 0 Å². The van der Waals surface area contributed by atoms with E-state index in [1.165, 1.54) is 30.7 Å². The fourth-order valence-corrected chi connectivity index (χ4v) is 6.66. The van der Waals surface area contributed by atoms with Gasteiger partial charge in [-0.15, -0.1) is 0 Å². The summed E-state index contributed by atoms with van der Waals surface area (Å²) < 4.78 is 89.1. The van der Waals surface area contributed by atoms with Gasteiger partial charge < -0.3 is 9.64 Å². The minimum atomic E-state index is -4.52. The highest BCUT2D eigenvalue weighted by Crippen LogP contribution is 2.52. The first-order valence-electron chi connectivity index (χ1n) is 12.1. The molecule has 0 amide bonds. The van der Waals surface area contributed by atoms with Crippen molar-refractivity contribution in [3.8, 4) is 5.88 Å². The Kier molecular flexibility index (Phi) is 8.25. The number of hydrogen-bond donors (Lipinski definition) is 1. The second-order valence-corrected chi connectivity index (χ2v) is 12.1. The predicted molar refractivity (Wildman–Crippen MR) is 137 cm³/mol. The number of aromatic nitrogens is 3. The zero-order valence-corrected chi connectivity index (χ0v) is 23.0. The molecule has 1 N–H and O–H groups in total. The summed E-state index contributed by atoms with van der Waals surface area (Å²) in [5.74, 6) is -0.765. The lowest BCUT2D eigenvalue weighted by molar-refractivity contribution is -0.0998. The van der Waals surface area contributed by atoms with E-state index in [9.17, 15) is 26.0 Å². The van der Waals surface area contributed by atoms with Crippen LogP contribution in [0.1, 0.15) is 32.6 Å². The number of nitrogens with zero attached hydrogens (tertiary/aromatic N) is 4. The molecule has 2 aliphatic carbocycles. The van der Waals surface area contributed by atoms with Crippen molar-refractivity contribution in [2.24, 2.45) is 11.3 Å². The number of nitrogens with one attached hydrogen (secondary N) is 1. The van der Waals surface area contributed by atoms with Crippen LogP contribution < -0.4 is 9.46 Å². The van der Waals surface area contributed by atoms with Crippen LogP contribution in [0.2, 0.25) is 5.15 Å². The topological polar surface area (TPSA) is 97.3 Å². The van der Waals surface area contributed by atoms with Gasteiger partial charge >= 0.3 is 6.18 Å². The van der Waals surface area contributed by atoms with Crippen LogP contribution in [0.4, 0.5) is 23.4 Å². The summed E-state index contributed by atoms with van der Waals surface area (Å²) in [6.07, 6.45) is 0.190. The number of sulfonamides is 1. The summed E-state index contributed by atoms with van der Waals surface area (Å²) in [7, 11) is -0.460. The second kappa shape index (κ2) is 11.0. The average molecular weight is 590 g/mol. The summed E-state index contributed by atoms with van der Waals surface area (Å²) in [5, 5.41) is -0.308. The molecule has 0 spiro atoms. The number of pyridine rings is 1. The van der Waals surface area contributed by atoms with E-state index in [1.807, 2.05) is 19.0 Å². The van der Waals surface area contributed by atoms with Crippen LogP contribution in [0.25, 0.3) is 0 Å². The molecule has 14 heteroatoms. The summed E-state index contributed by atoms with van der Waals surface area (Å²) >= 11 is 6.21. The van der Waals surface area contributed by atoms with Crippen molar-refractivity contribution in [3.05, 3.63) is 59.4 Å². The third-order valence-corrected chi connectivity index (χ3v) is 9.18. The number of rotatable bonds is 7. The molecule has 0 saturated heterocycles. The van der Waals surface area contributed by atoms with E-state index in [1.54, 1.807) is 6.92 Å². The first-order chi connectivity index (χ1) is 18.2. The van der Waals surface area contributed by atoms with Crippen LogP contribution in [0.5, 0.6) is 5.88 Å². The SMILES string of the molecule is CN(C)[C@H]1C[C@@H](C2(C)CC(C(F)(F)F)=CC=C2F)CC[C@@H]1Oc1ccc(S(=O)(=O)Nc2ccncn2)c(Cl)n1. The van der Waals surface area contributed by atoms with Crippen LogP contribution in [-0.2, 0) is 10.0 Å². The zero-order valence-electron chi connectivity index (χ0n) is 21.4. The standard InChI is InChI=1S/C25H28ClF4N5O3S/c1-24(13-16(25(28,29)30)5-8-20(24)27)15-4-6-18(17(12-15)35(2)3)38-22-9-7-19(23(26)33-22)39(36,37)34-21-10-11-31-14-32-21/h5,7-11,14-15,17-18H,4,6,12-13H2,1-3H3,(H,31,32,34)/t15-,17-,18-,24?/m0/s1. The molecule has 2 aliphatic rings. The first-order valence-corrected chi connectivity index (χ1v) is 14.0. The van der Waals surface area contributed by atoms with E-state index in [0.29, 0.717) is 19.3 Å². The summed E-state index contributed by atoms with van der Waals surface area (Å²) in [4.78, 5) is 13.3. The molecule has 1 unspecified atom stereocenters. The van der Waals surface area contributed by atoms with Crippen molar-refractivity contribution >= 4 is 27.4 Å². The lowest BCUT2D eigenvalue weighted by Crippen LogP contribution is -2.50. The number of allylic oxidation sites excluding steroid dienone is 4. The minimum Gasteiger partial charge on any atom is -0.473 e. The van der Waals surface area contributed by atoms with Crippen molar-refractivity contribution in [1.29, 1.82) is 0 Å². The molecular formula is C25H28ClF4N5O3S. The molecule has 1 fully saturated rings. The van der Waals surface area contributed by atoms with Gasteiger partial charge in [0, 0.05) is 29.3 Å². The molecule has 4 atom stereocenters. The third-order valence-electron chi connectivity index (χ3n) is 7.39. The van der Waals surface area contributed by atoms with E-state index in [2.05, 4.69) is 19.7 Å². The highest BCUT2D eigenvalue weighted by atomic mass is 35.5. The Morgan fingerprint density at radius 3 is 2.54 bits per heavy atom. The normalized spacial score (nSPS) is 26.1. The summed E-state index contributed by atoms with van der Waals surface area (Å²) in [5.41, 5.74) is -2.03. The van der Waals surface area contributed by atoms with Gasteiger partial charge in [-0.1, -0.05) is 24.6 Å². The smallest absolute Gasteiger partial charge is 0.412 e. The fraction of sp³-hybridized carbons (Fsp3) is 0.480. The van der Waals surface area contributed by atoms with E-state index in [0.717, 1.165) is 12.2 Å². The first kappa shape index (κ1) is 29.2. The van der Waals surface area contributed by atoms with Gasteiger partial charge in [0.1, 0.15) is 29.0 Å². The molecule has 0 bridgehead atoms. The average Bonchev–Trinajstić information content (AvgIpc) is 2.85. The Morgan fingerprint density at radius 1 is 1.18 bits per heavy atom. The molecular weight excluding hydrogens is 562 g/mol. The van der Waals surface area contributed by atoms with Crippen LogP contribution in [0, 0.1) is 11.3 Å². The monoisotopic (exact) mass is 589 g/mol. The Hall–Kier alpha value is -2.77. The number of ether oxygens (including phenoxy) is 1. The highest BCUT2D eigenvalue weighted by Gasteiger charge is 2.49. The molecule has 1 saturated carbocycles. The summed E-state index contributed by atoms with van der Waals surface area (Å²) in [6.45, 7) is 1.55. The number of anilines is 1. The Labute approximate surface area is 229 Å². The van der Waals surface area contributed by atoms with Crippen molar-refractivity contribution < 1.29 is 30.7 Å². The van der Waals surface area contributed by atoms with Gasteiger partial charge in [-0.2, -0.15) is 13.2 Å². The van der Waals surface area contributed by atoms with Crippen molar-refractivity contribution in [3.63, 3.8) is 0 Å². The largest absolute Gasteiger partial charge is 0.473 e. The van der Waals surface area contributed by atoms with Gasteiger partial charge in [-0.3, -0.25) is 4.72 Å². The maximum Gasteiger partial charge on any atom is 0.412 e. The molecule has 0 radical (unpaired) electrons. The summed E-state index contributed by atoms with van der Waals surface area (Å²) in [6, 6.07) is 3.75. The number of likely N-dealkylation sites (N-methyl/N-ethyl adjacent to an activating group) is 1. The van der Waals surface area contributed by atoms with Gasteiger partial charge in [-0.05, 0) is 63.9 Å². The van der Waals surface area contributed by atoms with Crippen LogP contribution in [-0.4, -0.2) is 60.7 Å². The fourth-order valence-electron chi connectivity index (χ4n) is 5.19. The Morgan fingerprint density at radius 2 is 1.92 bits per heavy atom. The number of hydrogen-bond acceptors (Lipinski definition) is 7. The van der Waals surface area contributed by atoms with Crippen LogP contribution in [0.15, 0.2) is 59.2 Å². The third kappa shape index (κ3) is 6.36. The molecule has 39 heavy (non-hydrogen) atoms. The number of halogens is 5. The predicted octanol–water partition coefficient (Wildman–Crippen LogP) is 5.56. The van der Waals surface area contributed by atoms with E-state index in [-0.39, 0.29) is 33.7 Å². The number of alkyl halides is 3. The highest BCUT2D eigenvalue weighted by molar-refractivity contribution is 7.92. The second-order valence-electron chi connectivity index (χ2n) is 10.1. The molecule has 2 aromatic heterocycles. The Bertz CT molecular complexity index is 1370. The van der Waals surface area contributed by atoms with Crippen LogP contribution >= 0.6 is 11.6 Å². The van der Waals surface area contributed by atoms with Crippen molar-refractivity contribution in [2.45, 2.75) is 55.8 Å². The lowest BCUT2D eigenvalue weighted by atomic mass is 9.63. The zero-order chi connectivity index (χ0) is 28.6. The maximum absolute atomic E-state index is 15.0. The molecule has 8 nitrogen and oxygen atoms in total. The van der Waals surface area contributed by atoms with Crippen molar-refractivity contribution in [2.75, 3.05) is 18.8 Å². The lowest BCUT2D eigenvalue weighted by Gasteiger charge is -2.47. The molecule has 2 heterocycles. The quantitative estimate of drug-likeness (QED) is 0.334. The molecule has 2 aromatic rings. The van der Waals surface area contributed by atoms with Gasteiger partial charge in [0.15, 0.2) is 5.15 Å². The Balaban J connectivity index is 1.49. The minimum absolute atomic E-state index is 0.0581. The molecule has 212 valence electrons. The van der Waals surface area contributed by atoms with Gasteiger partial charge in [-0.25, -0.2) is 27.8 Å². The molecule has 0 aliphatic heterocycles. The molecule has 0 aromatic carbocycles. The van der Waals surface area contributed by atoms with E-state index in [4.69, 9.17) is 16.3 Å².